The van der Waals surface area contributed by atoms with Gasteiger partial charge in [0.25, 0.3) is 0 Å². The molecule has 0 bridgehead atoms. The van der Waals surface area contributed by atoms with Crippen molar-refractivity contribution < 1.29 is 0 Å². The van der Waals surface area contributed by atoms with Crippen molar-refractivity contribution in [3.63, 3.8) is 0 Å². The quantitative estimate of drug-likeness (QED) is 0.212. The second-order valence-electron chi connectivity index (χ2n) is 10.6. The highest BCUT2D eigenvalue weighted by Crippen LogP contribution is 2.42. The fourth-order valence-electron chi connectivity index (χ4n) is 6.23. The lowest BCUT2D eigenvalue weighted by molar-refractivity contribution is 1.18. The molecule has 0 radical (unpaired) electrons. The number of hydrogen-bond donors (Lipinski definition) is 0. The first-order valence-corrected chi connectivity index (χ1v) is 14.4. The summed E-state index contributed by atoms with van der Waals surface area (Å²) in [4.78, 5) is 2.38. The number of benzene rings is 7. The zero-order chi connectivity index (χ0) is 27.9. The molecule has 7 aromatic carbocycles. The molecule has 198 valence electrons. The minimum absolute atomic E-state index is 1.12. The highest BCUT2D eigenvalue weighted by atomic mass is 15.1. The zero-order valence-electron chi connectivity index (χ0n) is 23.1. The van der Waals surface area contributed by atoms with Crippen LogP contribution < -0.4 is 4.90 Å². The molecule has 1 aromatic heterocycles. The lowest BCUT2D eigenvalue weighted by atomic mass is 10.0. The number of nitrogens with zero attached hydrogens (tertiary/aromatic N) is 2. The monoisotopic (exact) mass is 536 g/mol. The summed E-state index contributed by atoms with van der Waals surface area (Å²) in [6.45, 7) is 0. The van der Waals surface area contributed by atoms with Crippen LogP contribution in [0.5, 0.6) is 0 Å². The van der Waals surface area contributed by atoms with Gasteiger partial charge in [0.15, 0.2) is 0 Å². The van der Waals surface area contributed by atoms with Crippen molar-refractivity contribution in [3.8, 4) is 16.8 Å². The molecule has 0 atom stereocenters. The summed E-state index contributed by atoms with van der Waals surface area (Å²) in [7, 11) is 0. The van der Waals surface area contributed by atoms with E-state index in [0.717, 1.165) is 22.7 Å². The molecular formula is C40H28N2. The Bertz CT molecular complexity index is 2120. The third-order valence-corrected chi connectivity index (χ3v) is 8.15. The van der Waals surface area contributed by atoms with Crippen molar-refractivity contribution in [2.24, 2.45) is 0 Å². The second-order valence-corrected chi connectivity index (χ2v) is 10.6. The van der Waals surface area contributed by atoms with E-state index < -0.39 is 0 Å². The van der Waals surface area contributed by atoms with E-state index in [-0.39, 0.29) is 0 Å². The molecule has 2 heteroatoms. The standard InChI is InChI=1S/C40H28N2/c1-3-13-29(14-4-1)30-23-25-33(26-24-30)41(32-16-5-2-6-17-32)40-28-34(27-31-15-7-8-18-35(31)40)42-38-21-11-9-19-36(38)37-20-10-12-22-39(37)42/h1-28H. The number of rotatable bonds is 5. The Labute approximate surface area is 245 Å². The van der Waals surface area contributed by atoms with Gasteiger partial charge in [-0.05, 0) is 65.0 Å². The Hall–Kier alpha value is -5.60. The average Bonchev–Trinajstić information content (AvgIpc) is 3.40. The van der Waals surface area contributed by atoms with E-state index >= 15 is 0 Å². The van der Waals surface area contributed by atoms with E-state index in [1.165, 1.54) is 43.7 Å². The van der Waals surface area contributed by atoms with E-state index in [9.17, 15) is 0 Å². The van der Waals surface area contributed by atoms with Crippen LogP contribution in [0.1, 0.15) is 0 Å². The highest BCUT2D eigenvalue weighted by molar-refractivity contribution is 6.10. The molecular weight excluding hydrogens is 508 g/mol. The van der Waals surface area contributed by atoms with Crippen molar-refractivity contribution in [1.82, 2.24) is 4.57 Å². The van der Waals surface area contributed by atoms with Crippen LogP contribution in [0.4, 0.5) is 17.1 Å². The normalized spacial score (nSPS) is 11.3. The first-order chi connectivity index (χ1) is 20.8. The first-order valence-electron chi connectivity index (χ1n) is 14.4. The van der Waals surface area contributed by atoms with Gasteiger partial charge >= 0.3 is 0 Å². The zero-order valence-corrected chi connectivity index (χ0v) is 23.1. The number of hydrogen-bond acceptors (Lipinski definition) is 1. The van der Waals surface area contributed by atoms with Gasteiger partial charge in [-0.1, -0.05) is 121 Å². The van der Waals surface area contributed by atoms with Crippen molar-refractivity contribution in [2.45, 2.75) is 0 Å². The van der Waals surface area contributed by atoms with Gasteiger partial charge in [0.2, 0.25) is 0 Å². The highest BCUT2D eigenvalue weighted by Gasteiger charge is 2.19. The fraction of sp³-hybridized carbons (Fsp3) is 0. The van der Waals surface area contributed by atoms with Crippen LogP contribution in [0.3, 0.4) is 0 Å². The Morgan fingerprint density at radius 1 is 0.381 bits per heavy atom. The van der Waals surface area contributed by atoms with Crippen LogP contribution in [-0.4, -0.2) is 4.57 Å². The molecule has 0 fully saturated rings. The minimum Gasteiger partial charge on any atom is -0.310 e. The molecule has 2 nitrogen and oxygen atoms in total. The predicted molar refractivity (Wildman–Crippen MR) is 178 cm³/mol. The molecule has 0 aliphatic heterocycles. The molecule has 0 spiro atoms. The molecule has 42 heavy (non-hydrogen) atoms. The lowest BCUT2D eigenvalue weighted by Crippen LogP contribution is -2.11. The van der Waals surface area contributed by atoms with E-state index in [0.29, 0.717) is 0 Å². The maximum absolute atomic E-state index is 2.41. The van der Waals surface area contributed by atoms with E-state index in [4.69, 9.17) is 0 Å². The topological polar surface area (TPSA) is 8.17 Å². The number of fused-ring (bicyclic) bond motifs is 4. The lowest BCUT2D eigenvalue weighted by Gasteiger charge is -2.28. The smallest absolute Gasteiger partial charge is 0.0560 e. The van der Waals surface area contributed by atoms with Crippen molar-refractivity contribution in [1.29, 1.82) is 0 Å². The van der Waals surface area contributed by atoms with Crippen LogP contribution >= 0.6 is 0 Å². The largest absolute Gasteiger partial charge is 0.310 e. The summed E-state index contributed by atoms with van der Waals surface area (Å²) < 4.78 is 2.41. The number of aromatic nitrogens is 1. The molecule has 0 aliphatic carbocycles. The predicted octanol–water partition coefficient (Wildman–Crippen LogP) is 11.1. The molecule has 8 aromatic rings. The van der Waals surface area contributed by atoms with Gasteiger partial charge in [0.05, 0.1) is 16.7 Å². The van der Waals surface area contributed by atoms with Gasteiger partial charge in [-0.25, -0.2) is 0 Å². The Kier molecular flexibility index (Phi) is 5.82. The summed E-state index contributed by atoms with van der Waals surface area (Å²) in [5.41, 5.74) is 9.36. The van der Waals surface area contributed by atoms with Gasteiger partial charge in [-0.3, -0.25) is 0 Å². The average molecular weight is 537 g/mol. The first kappa shape index (κ1) is 24.2. The van der Waals surface area contributed by atoms with Crippen LogP contribution in [0.2, 0.25) is 0 Å². The maximum Gasteiger partial charge on any atom is 0.0560 e. The molecule has 0 saturated heterocycles. The van der Waals surface area contributed by atoms with Crippen LogP contribution in [0.15, 0.2) is 170 Å². The van der Waals surface area contributed by atoms with Crippen LogP contribution in [0, 0.1) is 0 Å². The third kappa shape index (κ3) is 4.05. The summed E-state index contributed by atoms with van der Waals surface area (Å²) in [6, 6.07) is 60.9. The fourth-order valence-corrected chi connectivity index (χ4v) is 6.23. The molecule has 1 heterocycles. The Balaban J connectivity index is 1.39. The third-order valence-electron chi connectivity index (χ3n) is 8.15. The van der Waals surface area contributed by atoms with Gasteiger partial charge in [-0.2, -0.15) is 0 Å². The molecule has 0 unspecified atom stereocenters. The van der Waals surface area contributed by atoms with E-state index in [2.05, 4.69) is 179 Å². The Morgan fingerprint density at radius 2 is 0.881 bits per heavy atom. The van der Waals surface area contributed by atoms with Crippen molar-refractivity contribution in [3.05, 3.63) is 170 Å². The number of anilines is 3. The molecule has 0 saturated carbocycles. The van der Waals surface area contributed by atoms with Crippen molar-refractivity contribution >= 4 is 49.6 Å². The van der Waals surface area contributed by atoms with Crippen LogP contribution in [-0.2, 0) is 0 Å². The van der Waals surface area contributed by atoms with Crippen LogP contribution in [0.25, 0.3) is 49.4 Å². The minimum atomic E-state index is 1.12. The Morgan fingerprint density at radius 3 is 1.55 bits per heavy atom. The molecule has 8 rings (SSSR count). The van der Waals surface area contributed by atoms with Gasteiger partial charge in [0, 0.05) is 33.2 Å². The maximum atomic E-state index is 2.41. The molecule has 0 amide bonds. The summed E-state index contributed by atoms with van der Waals surface area (Å²) in [5, 5.41) is 4.94. The summed E-state index contributed by atoms with van der Waals surface area (Å²) in [5.74, 6) is 0. The van der Waals surface area contributed by atoms with E-state index in [1.54, 1.807) is 0 Å². The van der Waals surface area contributed by atoms with E-state index in [1.807, 2.05) is 0 Å². The molecule has 0 N–H and O–H groups in total. The van der Waals surface area contributed by atoms with Crippen molar-refractivity contribution in [2.75, 3.05) is 4.90 Å². The summed E-state index contributed by atoms with van der Waals surface area (Å²) >= 11 is 0. The van der Waals surface area contributed by atoms with Gasteiger partial charge in [0.1, 0.15) is 0 Å². The number of para-hydroxylation sites is 3. The van der Waals surface area contributed by atoms with Gasteiger partial charge in [-0.15, -0.1) is 0 Å². The molecule has 0 aliphatic rings. The summed E-state index contributed by atoms with van der Waals surface area (Å²) in [6.07, 6.45) is 0. The van der Waals surface area contributed by atoms with Gasteiger partial charge < -0.3 is 9.47 Å². The second kappa shape index (κ2) is 10.1. The SMILES string of the molecule is c1ccc(-c2ccc(N(c3ccccc3)c3cc(-n4c5ccccc5c5ccccc54)cc4ccccc34)cc2)cc1.